The second kappa shape index (κ2) is 3.59. The number of hydrogen-bond acceptors (Lipinski definition) is 3. The molecule has 4 heteroatoms. The first-order chi connectivity index (χ1) is 8.25. The summed E-state index contributed by atoms with van der Waals surface area (Å²) in [5.41, 5.74) is 8.69. The Bertz CT molecular complexity index is 573. The van der Waals surface area contributed by atoms with Gasteiger partial charge in [-0.25, -0.2) is 0 Å². The van der Waals surface area contributed by atoms with E-state index in [1.54, 1.807) is 12.3 Å². The molecule has 0 aromatic heterocycles. The van der Waals surface area contributed by atoms with Crippen LogP contribution in [0.15, 0.2) is 64.7 Å². The topological polar surface area (TPSA) is 58.7 Å². The van der Waals surface area contributed by atoms with Gasteiger partial charge in [-0.3, -0.25) is 9.79 Å². The fourth-order valence-electron chi connectivity index (χ4n) is 2.02. The molecule has 0 radical (unpaired) electrons. The average molecular weight is 225 g/mol. The highest BCUT2D eigenvalue weighted by Crippen LogP contribution is 2.28. The van der Waals surface area contributed by atoms with Gasteiger partial charge in [-0.1, -0.05) is 12.2 Å². The zero-order chi connectivity index (χ0) is 11.8. The Morgan fingerprint density at radius 3 is 3.12 bits per heavy atom. The largest absolute Gasteiger partial charge is 0.366 e. The average Bonchev–Trinajstić information content (AvgIpc) is 2.38. The van der Waals surface area contributed by atoms with Gasteiger partial charge in [0.05, 0.1) is 23.3 Å². The van der Waals surface area contributed by atoms with E-state index < -0.39 is 0 Å². The minimum Gasteiger partial charge on any atom is -0.366 e. The molecule has 2 heterocycles. The maximum absolute atomic E-state index is 11.1. The molecular weight excluding hydrogens is 214 g/mol. The Hall–Kier alpha value is -2.36. The van der Waals surface area contributed by atoms with E-state index in [1.807, 2.05) is 30.5 Å². The number of carbonyl (C=O) groups is 1. The predicted molar refractivity (Wildman–Crippen MR) is 65.6 cm³/mol. The van der Waals surface area contributed by atoms with Crippen molar-refractivity contribution in [3.8, 4) is 0 Å². The van der Waals surface area contributed by atoms with E-state index in [4.69, 9.17) is 5.73 Å². The van der Waals surface area contributed by atoms with E-state index in [0.717, 1.165) is 17.1 Å². The molecule has 4 nitrogen and oxygen atoms in total. The summed E-state index contributed by atoms with van der Waals surface area (Å²) in [5.74, 6) is -0.383. The zero-order valence-corrected chi connectivity index (χ0v) is 9.13. The van der Waals surface area contributed by atoms with Crippen LogP contribution in [0.1, 0.15) is 6.42 Å². The summed E-state index contributed by atoms with van der Waals surface area (Å²) in [6.45, 7) is 0. The van der Waals surface area contributed by atoms with Crippen LogP contribution in [0.3, 0.4) is 0 Å². The first-order valence-electron chi connectivity index (χ1n) is 5.39. The molecule has 0 bridgehead atoms. The lowest BCUT2D eigenvalue weighted by Crippen LogP contribution is -2.28. The van der Waals surface area contributed by atoms with Crippen molar-refractivity contribution in [1.82, 2.24) is 4.90 Å². The fourth-order valence-corrected chi connectivity index (χ4v) is 2.02. The van der Waals surface area contributed by atoms with Crippen molar-refractivity contribution in [2.24, 2.45) is 10.7 Å². The van der Waals surface area contributed by atoms with Gasteiger partial charge in [0.25, 0.3) is 0 Å². The minimum absolute atomic E-state index is 0.383. The van der Waals surface area contributed by atoms with E-state index in [0.29, 0.717) is 12.0 Å². The Morgan fingerprint density at radius 2 is 2.29 bits per heavy atom. The van der Waals surface area contributed by atoms with Gasteiger partial charge in [-0.05, 0) is 24.6 Å². The smallest absolute Gasteiger partial charge is 0.245 e. The highest BCUT2D eigenvalue weighted by molar-refractivity contribution is 6.14. The standard InChI is InChI=1S/C13H11N3O/c14-13(17)9-4-5-12-11(7-9)15-8-10-3-1-2-6-16(10)12/h1-3,5-8H,4H2,(H2,14,17). The molecule has 0 unspecified atom stereocenters. The number of primary amides is 1. The number of fused-ring (bicyclic) bond motifs is 3. The van der Waals surface area contributed by atoms with E-state index in [9.17, 15) is 4.79 Å². The third kappa shape index (κ3) is 1.54. The van der Waals surface area contributed by atoms with Crippen LogP contribution in [0.2, 0.25) is 0 Å². The second-order valence-corrected chi connectivity index (χ2v) is 3.97. The van der Waals surface area contributed by atoms with Gasteiger partial charge < -0.3 is 10.6 Å². The Kier molecular flexibility index (Phi) is 2.08. The molecule has 0 saturated carbocycles. The summed E-state index contributed by atoms with van der Waals surface area (Å²) in [4.78, 5) is 17.5. The van der Waals surface area contributed by atoms with Crippen molar-refractivity contribution in [2.75, 3.05) is 0 Å². The summed E-state index contributed by atoms with van der Waals surface area (Å²) < 4.78 is 0. The molecule has 1 amide bonds. The minimum atomic E-state index is -0.383. The summed E-state index contributed by atoms with van der Waals surface area (Å²) in [5, 5.41) is 0. The Balaban J connectivity index is 2.04. The van der Waals surface area contributed by atoms with E-state index in [2.05, 4.69) is 9.89 Å². The number of hydrogen-bond donors (Lipinski definition) is 1. The van der Waals surface area contributed by atoms with Gasteiger partial charge in [0, 0.05) is 11.8 Å². The summed E-state index contributed by atoms with van der Waals surface area (Å²) in [7, 11) is 0. The van der Waals surface area contributed by atoms with E-state index in [-0.39, 0.29) is 5.91 Å². The molecule has 3 rings (SSSR count). The first kappa shape index (κ1) is 9.84. The summed E-state index contributed by atoms with van der Waals surface area (Å²) >= 11 is 0. The van der Waals surface area contributed by atoms with Crippen molar-refractivity contribution < 1.29 is 4.79 Å². The maximum atomic E-state index is 11.1. The van der Waals surface area contributed by atoms with Crippen molar-refractivity contribution in [3.05, 3.63) is 59.7 Å². The van der Waals surface area contributed by atoms with Crippen LogP contribution in [0.4, 0.5) is 0 Å². The summed E-state index contributed by atoms with van der Waals surface area (Å²) in [6.07, 6.45) is 14.0. The third-order valence-electron chi connectivity index (χ3n) is 2.89. The Labute approximate surface area is 98.8 Å². The lowest BCUT2D eigenvalue weighted by Gasteiger charge is -2.30. The van der Waals surface area contributed by atoms with Gasteiger partial charge in [-0.15, -0.1) is 0 Å². The number of amides is 1. The van der Waals surface area contributed by atoms with Crippen LogP contribution in [0, 0.1) is 0 Å². The van der Waals surface area contributed by atoms with Gasteiger partial charge in [0.15, 0.2) is 0 Å². The number of rotatable bonds is 1. The van der Waals surface area contributed by atoms with Gasteiger partial charge >= 0.3 is 0 Å². The van der Waals surface area contributed by atoms with Gasteiger partial charge in [-0.2, -0.15) is 0 Å². The quantitative estimate of drug-likeness (QED) is 0.732. The number of aliphatic imine (C=N–C) groups is 1. The summed E-state index contributed by atoms with van der Waals surface area (Å²) in [6, 6.07) is 0. The number of nitrogens with zero attached hydrogens (tertiary/aromatic N) is 2. The van der Waals surface area contributed by atoms with Gasteiger partial charge in [0.1, 0.15) is 0 Å². The molecule has 2 N–H and O–H groups in total. The lowest BCUT2D eigenvalue weighted by molar-refractivity contribution is -0.114. The molecule has 0 atom stereocenters. The molecule has 0 aromatic carbocycles. The predicted octanol–water partition coefficient (Wildman–Crippen LogP) is 1.37. The molecule has 0 fully saturated rings. The normalized spacial score (nSPS) is 20.8. The monoisotopic (exact) mass is 225 g/mol. The molecule has 1 aliphatic carbocycles. The van der Waals surface area contributed by atoms with Crippen molar-refractivity contribution in [3.63, 3.8) is 0 Å². The Morgan fingerprint density at radius 1 is 1.41 bits per heavy atom. The number of nitrogens with two attached hydrogens (primary N) is 1. The molecule has 0 saturated heterocycles. The van der Waals surface area contributed by atoms with E-state index in [1.165, 1.54) is 0 Å². The molecule has 0 aromatic rings. The molecule has 2 aliphatic heterocycles. The van der Waals surface area contributed by atoms with Crippen molar-refractivity contribution in [1.29, 1.82) is 0 Å². The highest BCUT2D eigenvalue weighted by atomic mass is 16.1. The van der Waals surface area contributed by atoms with Crippen molar-refractivity contribution in [2.45, 2.75) is 6.42 Å². The SMILES string of the molecule is NC(=O)C1=CC2=NC=C3C=CC=CN3C2=CC1. The van der Waals surface area contributed by atoms with Crippen LogP contribution in [0.5, 0.6) is 0 Å². The fraction of sp³-hybridized carbons (Fsp3) is 0.0769. The lowest BCUT2D eigenvalue weighted by atomic mass is 9.99. The second-order valence-electron chi connectivity index (χ2n) is 3.97. The molecule has 84 valence electrons. The molecular formula is C13H11N3O. The highest BCUT2D eigenvalue weighted by Gasteiger charge is 2.23. The van der Waals surface area contributed by atoms with Crippen LogP contribution in [-0.2, 0) is 4.79 Å². The van der Waals surface area contributed by atoms with Crippen molar-refractivity contribution >= 4 is 11.6 Å². The van der Waals surface area contributed by atoms with Gasteiger partial charge in [0.2, 0.25) is 5.91 Å². The van der Waals surface area contributed by atoms with Crippen LogP contribution in [-0.4, -0.2) is 16.5 Å². The van der Waals surface area contributed by atoms with Crippen LogP contribution >= 0.6 is 0 Å². The van der Waals surface area contributed by atoms with Crippen LogP contribution < -0.4 is 5.73 Å². The third-order valence-corrected chi connectivity index (χ3v) is 2.89. The first-order valence-corrected chi connectivity index (χ1v) is 5.39. The zero-order valence-electron chi connectivity index (χ0n) is 9.13. The molecule has 3 aliphatic rings. The molecule has 17 heavy (non-hydrogen) atoms. The maximum Gasteiger partial charge on any atom is 0.245 e. The number of allylic oxidation sites excluding steroid dienone is 5. The molecule has 0 spiro atoms. The number of carbonyl (C=O) groups excluding carboxylic acids is 1. The van der Waals surface area contributed by atoms with Crippen LogP contribution in [0.25, 0.3) is 0 Å². The van der Waals surface area contributed by atoms with E-state index >= 15 is 0 Å².